The molecule has 4 heteroatoms. The Kier molecular flexibility index (Phi) is 4.48. The van der Waals surface area contributed by atoms with E-state index in [1.807, 2.05) is 36.4 Å². The lowest BCUT2D eigenvalue weighted by Gasteiger charge is -2.24. The Morgan fingerprint density at radius 3 is 2.22 bits per heavy atom. The van der Waals surface area contributed by atoms with E-state index >= 15 is 0 Å². The maximum atomic E-state index is 5.11. The minimum absolute atomic E-state index is 0.355. The van der Waals surface area contributed by atoms with Crippen LogP contribution in [-0.4, -0.2) is 15.7 Å². The largest absolute Gasteiger partial charge is 0.324 e. The summed E-state index contributed by atoms with van der Waals surface area (Å²) in [7, 11) is 0. The van der Waals surface area contributed by atoms with E-state index in [0.29, 0.717) is 5.95 Å². The van der Waals surface area contributed by atoms with Crippen molar-refractivity contribution in [2.75, 3.05) is 5.32 Å². The van der Waals surface area contributed by atoms with Crippen LogP contribution in [0.5, 0.6) is 0 Å². The van der Waals surface area contributed by atoms with E-state index in [2.05, 4.69) is 50.4 Å². The fraction of sp³-hybridized carbons (Fsp3) is 0.261. The van der Waals surface area contributed by atoms with Crippen LogP contribution in [0.3, 0.4) is 0 Å². The molecule has 0 saturated heterocycles. The van der Waals surface area contributed by atoms with Gasteiger partial charge in [-0.2, -0.15) is 0 Å². The number of rotatable bonds is 3. The molecule has 1 aliphatic rings. The van der Waals surface area contributed by atoms with Crippen LogP contribution < -0.4 is 5.32 Å². The molecule has 0 amide bonds. The van der Waals surface area contributed by atoms with Crippen molar-refractivity contribution in [3.63, 3.8) is 0 Å². The summed E-state index contributed by atoms with van der Waals surface area (Å²) in [6, 6.07) is 20.5. The lowest BCUT2D eigenvalue weighted by Crippen LogP contribution is -2.20. The highest BCUT2D eigenvalue weighted by Gasteiger charge is 2.30. The summed E-state index contributed by atoms with van der Waals surface area (Å²) in [5.41, 5.74) is 6.18. The molecule has 2 heterocycles. The zero-order chi connectivity index (χ0) is 18.9. The summed E-state index contributed by atoms with van der Waals surface area (Å²) in [4.78, 5) is 14.7. The number of para-hydroxylation sites is 1. The molecule has 3 aromatic rings. The highest BCUT2D eigenvalue weighted by atomic mass is 15.1. The summed E-state index contributed by atoms with van der Waals surface area (Å²) in [6.45, 7) is 6.36. The average molecular weight is 356 g/mol. The minimum Gasteiger partial charge on any atom is -0.324 e. The van der Waals surface area contributed by atoms with Crippen LogP contribution in [-0.2, 0) is 12.0 Å². The van der Waals surface area contributed by atoms with Crippen molar-refractivity contribution in [2.45, 2.75) is 39.2 Å². The zero-order valence-corrected chi connectivity index (χ0v) is 16.0. The SMILES string of the molecule is Cc1nc(Nc2ccccc2)nc2c1C(C)(C)N=C(c1ccccc1)CC2. The summed E-state index contributed by atoms with van der Waals surface area (Å²) < 4.78 is 0. The van der Waals surface area contributed by atoms with Crippen LogP contribution in [0.2, 0.25) is 0 Å². The van der Waals surface area contributed by atoms with Crippen LogP contribution in [0.1, 0.15) is 42.8 Å². The number of fused-ring (bicyclic) bond motifs is 1. The second kappa shape index (κ2) is 6.95. The van der Waals surface area contributed by atoms with E-state index in [4.69, 9.17) is 15.0 Å². The Labute approximate surface area is 160 Å². The third-order valence-electron chi connectivity index (χ3n) is 4.93. The maximum absolute atomic E-state index is 5.11. The second-order valence-electron chi connectivity index (χ2n) is 7.43. The molecule has 4 nitrogen and oxygen atoms in total. The van der Waals surface area contributed by atoms with E-state index in [9.17, 15) is 0 Å². The molecule has 1 aliphatic heterocycles. The van der Waals surface area contributed by atoms with E-state index in [1.165, 1.54) is 5.56 Å². The standard InChI is InChI=1S/C23H24N4/c1-16-21-20(26-22(24-16)25-18-12-8-5-9-13-18)15-14-19(27-23(21,2)3)17-10-6-4-7-11-17/h4-13H,14-15H2,1-3H3,(H,24,25,26). The first-order valence-corrected chi connectivity index (χ1v) is 9.37. The fourth-order valence-corrected chi connectivity index (χ4v) is 3.84. The van der Waals surface area contributed by atoms with Crippen LogP contribution in [0.15, 0.2) is 65.7 Å². The van der Waals surface area contributed by atoms with E-state index in [-0.39, 0.29) is 5.54 Å². The molecule has 1 N–H and O–H groups in total. The topological polar surface area (TPSA) is 50.2 Å². The molecule has 0 radical (unpaired) electrons. The van der Waals surface area contributed by atoms with E-state index in [1.54, 1.807) is 0 Å². The van der Waals surface area contributed by atoms with Crippen molar-refractivity contribution in [1.82, 2.24) is 9.97 Å². The lowest BCUT2D eigenvalue weighted by atomic mass is 9.91. The van der Waals surface area contributed by atoms with Gasteiger partial charge in [-0.15, -0.1) is 0 Å². The van der Waals surface area contributed by atoms with Crippen LogP contribution in [0.4, 0.5) is 11.6 Å². The van der Waals surface area contributed by atoms with Crippen molar-refractivity contribution in [1.29, 1.82) is 0 Å². The Bertz CT molecular complexity index is 976. The van der Waals surface area contributed by atoms with Gasteiger partial charge in [-0.1, -0.05) is 48.5 Å². The molecule has 0 bridgehead atoms. The van der Waals surface area contributed by atoms with Crippen molar-refractivity contribution in [3.05, 3.63) is 83.2 Å². The van der Waals surface area contributed by atoms with E-state index < -0.39 is 0 Å². The Morgan fingerprint density at radius 2 is 1.52 bits per heavy atom. The number of anilines is 2. The fourth-order valence-electron chi connectivity index (χ4n) is 3.84. The molecule has 0 unspecified atom stereocenters. The van der Waals surface area contributed by atoms with Crippen molar-refractivity contribution >= 4 is 17.3 Å². The van der Waals surface area contributed by atoms with Gasteiger partial charge in [-0.3, -0.25) is 4.99 Å². The first-order chi connectivity index (χ1) is 13.0. The van der Waals surface area contributed by atoms with Gasteiger partial charge in [0.15, 0.2) is 0 Å². The number of benzene rings is 2. The molecule has 136 valence electrons. The normalized spacial score (nSPS) is 15.4. The number of aryl methyl sites for hydroxylation is 2. The number of nitrogens with one attached hydrogen (secondary N) is 1. The minimum atomic E-state index is -0.355. The van der Waals surface area contributed by atoms with Crippen LogP contribution in [0, 0.1) is 6.92 Å². The number of hydrogen-bond donors (Lipinski definition) is 1. The number of aliphatic imine (C=N–C) groups is 1. The van der Waals surface area contributed by atoms with Gasteiger partial charge >= 0.3 is 0 Å². The maximum Gasteiger partial charge on any atom is 0.227 e. The molecular formula is C23H24N4. The first kappa shape index (κ1) is 17.4. The van der Waals surface area contributed by atoms with E-state index in [0.717, 1.165) is 41.2 Å². The smallest absolute Gasteiger partial charge is 0.227 e. The van der Waals surface area contributed by atoms with Gasteiger partial charge in [-0.25, -0.2) is 9.97 Å². The van der Waals surface area contributed by atoms with Gasteiger partial charge in [0.05, 0.1) is 11.2 Å². The van der Waals surface area contributed by atoms with Gasteiger partial charge in [-0.05, 0) is 51.3 Å². The molecule has 0 spiro atoms. The van der Waals surface area contributed by atoms with Gasteiger partial charge in [0.2, 0.25) is 5.95 Å². The molecular weight excluding hydrogens is 332 g/mol. The zero-order valence-electron chi connectivity index (χ0n) is 16.0. The molecule has 27 heavy (non-hydrogen) atoms. The highest BCUT2D eigenvalue weighted by Crippen LogP contribution is 2.34. The van der Waals surface area contributed by atoms with Gasteiger partial charge in [0.25, 0.3) is 0 Å². The van der Waals surface area contributed by atoms with Crippen LogP contribution >= 0.6 is 0 Å². The highest BCUT2D eigenvalue weighted by molar-refractivity contribution is 6.01. The molecule has 4 rings (SSSR count). The van der Waals surface area contributed by atoms with Crippen LogP contribution in [0.25, 0.3) is 0 Å². The molecule has 1 aromatic heterocycles. The summed E-state index contributed by atoms with van der Waals surface area (Å²) in [6.07, 6.45) is 1.74. The van der Waals surface area contributed by atoms with Crippen molar-refractivity contribution in [3.8, 4) is 0 Å². The average Bonchev–Trinajstić information content (AvgIpc) is 2.79. The third kappa shape index (κ3) is 3.61. The molecule has 0 fully saturated rings. The molecule has 0 aliphatic carbocycles. The predicted octanol–water partition coefficient (Wildman–Crippen LogP) is 5.20. The summed E-state index contributed by atoms with van der Waals surface area (Å²) >= 11 is 0. The molecule has 0 atom stereocenters. The third-order valence-corrected chi connectivity index (χ3v) is 4.93. The van der Waals surface area contributed by atoms with Gasteiger partial charge in [0.1, 0.15) is 0 Å². The van der Waals surface area contributed by atoms with Gasteiger partial charge in [0, 0.05) is 22.7 Å². The summed E-state index contributed by atoms with van der Waals surface area (Å²) in [5, 5.41) is 3.33. The Hall–Kier alpha value is -3.01. The number of hydrogen-bond acceptors (Lipinski definition) is 4. The quantitative estimate of drug-likeness (QED) is 0.702. The second-order valence-corrected chi connectivity index (χ2v) is 7.43. The number of aromatic nitrogens is 2. The number of nitrogens with zero attached hydrogens (tertiary/aromatic N) is 3. The Morgan fingerprint density at radius 1 is 0.852 bits per heavy atom. The molecule has 0 saturated carbocycles. The monoisotopic (exact) mass is 356 g/mol. The Balaban J connectivity index is 1.72. The van der Waals surface area contributed by atoms with Crippen molar-refractivity contribution in [2.24, 2.45) is 4.99 Å². The molecule has 2 aromatic carbocycles. The summed E-state index contributed by atoms with van der Waals surface area (Å²) in [5.74, 6) is 0.649. The lowest BCUT2D eigenvalue weighted by molar-refractivity contribution is 0.546. The van der Waals surface area contributed by atoms with Gasteiger partial charge < -0.3 is 5.32 Å². The van der Waals surface area contributed by atoms with Crippen molar-refractivity contribution < 1.29 is 0 Å². The predicted molar refractivity (Wildman–Crippen MR) is 111 cm³/mol. The first-order valence-electron chi connectivity index (χ1n) is 9.37.